The van der Waals surface area contributed by atoms with Gasteiger partial charge in [0.25, 0.3) is 0 Å². The van der Waals surface area contributed by atoms with Crippen LogP contribution in [0, 0.1) is 6.92 Å². The highest BCUT2D eigenvalue weighted by Crippen LogP contribution is 2.31. The predicted octanol–water partition coefficient (Wildman–Crippen LogP) is 3.50. The van der Waals surface area contributed by atoms with Crippen molar-refractivity contribution in [3.63, 3.8) is 0 Å². The number of nitrogens with zero attached hydrogens (tertiary/aromatic N) is 4. The number of aromatic amines is 2. The molecule has 14 heteroatoms. The number of hydrogen-bond acceptors (Lipinski definition) is 7. The Bertz CT molecular complexity index is 1470. The first-order valence-electron chi connectivity index (χ1n) is 11.1. The molecule has 1 saturated heterocycles. The zero-order chi connectivity index (χ0) is 25.5. The van der Waals surface area contributed by atoms with E-state index in [1.807, 2.05) is 19.2 Å². The van der Waals surface area contributed by atoms with Crippen LogP contribution in [0.25, 0.3) is 22.3 Å². The van der Waals surface area contributed by atoms with Crippen LogP contribution < -0.4 is 14.4 Å². The number of piperidine rings is 1. The molecule has 3 N–H and O–H groups in total. The maximum Gasteiger partial charge on any atom is 0.573 e. The second-order valence-electron chi connectivity index (χ2n) is 8.43. The van der Waals surface area contributed by atoms with E-state index in [2.05, 4.69) is 39.5 Å². The Morgan fingerprint density at radius 2 is 1.86 bits per heavy atom. The molecule has 1 aliphatic rings. The quantitative estimate of drug-likeness (QED) is 0.354. The fourth-order valence-corrected chi connectivity index (χ4v) is 5.58. The van der Waals surface area contributed by atoms with Crippen molar-refractivity contribution >= 4 is 26.9 Å². The lowest BCUT2D eigenvalue weighted by Gasteiger charge is -2.33. The number of alkyl halides is 3. The standard InChI is InChI=1S/C22H22F3N7O3S/c1-13-18(11-28-30-13)19-10-17-20(29-19)26-12-27-21(17)32-8-6-14(7-9-32)31-36(33,34)16-4-2-15(3-5-16)35-22(23,24)25/h2-5,10-12,14,31H,6-9H2,1H3,(H,28,30)(H,26,27,29). The van der Waals surface area contributed by atoms with Crippen molar-refractivity contribution in [1.29, 1.82) is 0 Å². The van der Waals surface area contributed by atoms with Crippen LogP contribution in [0.2, 0.25) is 0 Å². The molecule has 4 heterocycles. The molecule has 1 aliphatic heterocycles. The molecule has 0 amide bonds. The summed E-state index contributed by atoms with van der Waals surface area (Å²) < 4.78 is 68.9. The van der Waals surface area contributed by atoms with Gasteiger partial charge in [-0.05, 0) is 50.1 Å². The fourth-order valence-electron chi connectivity index (χ4n) is 4.27. The minimum Gasteiger partial charge on any atom is -0.406 e. The molecule has 10 nitrogen and oxygen atoms in total. The number of anilines is 1. The summed E-state index contributed by atoms with van der Waals surface area (Å²) in [6.45, 7) is 3.02. The van der Waals surface area contributed by atoms with Gasteiger partial charge < -0.3 is 14.6 Å². The third-order valence-electron chi connectivity index (χ3n) is 6.01. The van der Waals surface area contributed by atoms with Crippen LogP contribution in [0.5, 0.6) is 5.75 Å². The van der Waals surface area contributed by atoms with Crippen molar-refractivity contribution in [2.45, 2.75) is 37.1 Å². The summed E-state index contributed by atoms with van der Waals surface area (Å²) in [6, 6.07) is 5.76. The molecule has 0 bridgehead atoms. The molecule has 36 heavy (non-hydrogen) atoms. The molecular formula is C22H22F3N7O3S. The summed E-state index contributed by atoms with van der Waals surface area (Å²) in [7, 11) is -3.91. The molecule has 1 fully saturated rings. The zero-order valence-electron chi connectivity index (χ0n) is 19.0. The Morgan fingerprint density at radius 1 is 1.14 bits per heavy atom. The van der Waals surface area contributed by atoms with Gasteiger partial charge in [-0.25, -0.2) is 23.1 Å². The van der Waals surface area contributed by atoms with Crippen molar-refractivity contribution in [2.75, 3.05) is 18.0 Å². The summed E-state index contributed by atoms with van der Waals surface area (Å²) in [5.74, 6) is 0.270. The van der Waals surface area contributed by atoms with Crippen LogP contribution in [0.15, 0.2) is 47.8 Å². The first-order valence-corrected chi connectivity index (χ1v) is 12.5. The second-order valence-corrected chi connectivity index (χ2v) is 10.1. The lowest BCUT2D eigenvalue weighted by Crippen LogP contribution is -2.44. The number of ether oxygens (including phenoxy) is 1. The van der Waals surface area contributed by atoms with Gasteiger partial charge in [-0.2, -0.15) is 5.10 Å². The maximum absolute atomic E-state index is 12.7. The monoisotopic (exact) mass is 521 g/mol. The Hall–Kier alpha value is -3.65. The molecule has 0 unspecified atom stereocenters. The molecule has 190 valence electrons. The van der Waals surface area contributed by atoms with E-state index >= 15 is 0 Å². The summed E-state index contributed by atoms with van der Waals surface area (Å²) in [4.78, 5) is 14.0. The summed E-state index contributed by atoms with van der Waals surface area (Å²) >= 11 is 0. The number of benzene rings is 1. The van der Waals surface area contributed by atoms with Gasteiger partial charge in [0, 0.05) is 30.9 Å². The van der Waals surface area contributed by atoms with Crippen molar-refractivity contribution in [1.82, 2.24) is 29.9 Å². The normalized spacial score (nSPS) is 15.5. The maximum atomic E-state index is 12.7. The molecule has 3 aromatic heterocycles. The largest absolute Gasteiger partial charge is 0.573 e. The molecule has 0 saturated carbocycles. The van der Waals surface area contributed by atoms with Gasteiger partial charge in [0.1, 0.15) is 23.5 Å². The Kier molecular flexibility index (Phi) is 6.08. The first kappa shape index (κ1) is 24.1. The number of H-pyrrole nitrogens is 2. The first-order chi connectivity index (χ1) is 17.1. The average molecular weight is 522 g/mol. The van der Waals surface area contributed by atoms with E-state index in [0.717, 1.165) is 52.4 Å². The van der Waals surface area contributed by atoms with Crippen LogP contribution in [-0.4, -0.2) is 59.1 Å². The topological polar surface area (TPSA) is 129 Å². The molecule has 0 atom stereocenters. The van der Waals surface area contributed by atoms with Crippen LogP contribution in [0.4, 0.5) is 19.0 Å². The number of nitrogens with one attached hydrogen (secondary N) is 3. The Morgan fingerprint density at radius 3 is 2.50 bits per heavy atom. The zero-order valence-corrected chi connectivity index (χ0v) is 19.8. The molecular weight excluding hydrogens is 499 g/mol. The van der Waals surface area contributed by atoms with E-state index in [4.69, 9.17) is 0 Å². The van der Waals surface area contributed by atoms with E-state index in [1.165, 1.54) is 6.33 Å². The Labute approximate surface area is 204 Å². The highest BCUT2D eigenvalue weighted by molar-refractivity contribution is 7.89. The second kappa shape index (κ2) is 9.09. The minimum absolute atomic E-state index is 0.133. The average Bonchev–Trinajstić information content (AvgIpc) is 3.44. The van der Waals surface area contributed by atoms with Crippen molar-refractivity contribution in [3.05, 3.63) is 48.5 Å². The van der Waals surface area contributed by atoms with E-state index < -0.39 is 22.1 Å². The van der Waals surface area contributed by atoms with Gasteiger partial charge in [0.05, 0.1) is 21.7 Å². The number of sulfonamides is 1. The van der Waals surface area contributed by atoms with Gasteiger partial charge in [0.2, 0.25) is 10.0 Å². The van der Waals surface area contributed by atoms with Crippen molar-refractivity contribution in [3.8, 4) is 17.0 Å². The van der Waals surface area contributed by atoms with Crippen LogP contribution >= 0.6 is 0 Å². The van der Waals surface area contributed by atoms with Gasteiger partial charge in [-0.1, -0.05) is 0 Å². The Balaban J connectivity index is 1.26. The smallest absolute Gasteiger partial charge is 0.406 e. The van der Waals surface area contributed by atoms with Gasteiger partial charge >= 0.3 is 6.36 Å². The van der Waals surface area contributed by atoms with Gasteiger partial charge in [-0.3, -0.25) is 5.10 Å². The number of aromatic nitrogens is 5. The molecule has 0 spiro atoms. The minimum atomic E-state index is -4.85. The number of halogens is 3. The van der Waals surface area contributed by atoms with Gasteiger partial charge in [-0.15, -0.1) is 13.2 Å². The lowest BCUT2D eigenvalue weighted by molar-refractivity contribution is -0.274. The fraction of sp³-hybridized carbons (Fsp3) is 0.318. The summed E-state index contributed by atoms with van der Waals surface area (Å²) in [6.07, 6.45) is -0.499. The predicted molar refractivity (Wildman–Crippen MR) is 125 cm³/mol. The van der Waals surface area contributed by atoms with Crippen LogP contribution in [0.3, 0.4) is 0 Å². The molecule has 4 aromatic rings. The lowest BCUT2D eigenvalue weighted by atomic mass is 10.1. The van der Waals surface area contributed by atoms with E-state index in [1.54, 1.807) is 0 Å². The van der Waals surface area contributed by atoms with Crippen LogP contribution in [0.1, 0.15) is 18.5 Å². The molecule has 0 aliphatic carbocycles. The van der Waals surface area contributed by atoms with Crippen molar-refractivity contribution < 1.29 is 26.3 Å². The number of aryl methyl sites for hydroxylation is 1. The number of fused-ring (bicyclic) bond motifs is 1. The van der Waals surface area contributed by atoms with Crippen LogP contribution in [-0.2, 0) is 10.0 Å². The van der Waals surface area contributed by atoms with Gasteiger partial charge in [0.15, 0.2) is 0 Å². The molecule has 5 rings (SSSR count). The third-order valence-corrected chi connectivity index (χ3v) is 7.55. The number of hydrogen-bond donors (Lipinski definition) is 3. The van der Waals surface area contributed by atoms with E-state index in [0.29, 0.717) is 31.6 Å². The highest BCUT2D eigenvalue weighted by Gasteiger charge is 2.31. The summed E-state index contributed by atoms with van der Waals surface area (Å²) in [5, 5.41) is 7.85. The third kappa shape index (κ3) is 4.99. The van der Waals surface area contributed by atoms with E-state index in [-0.39, 0.29) is 10.9 Å². The molecule has 0 radical (unpaired) electrons. The highest BCUT2D eigenvalue weighted by atomic mass is 32.2. The SMILES string of the molecule is Cc1n[nH]cc1-c1cc2c(N3CCC(NS(=O)(=O)c4ccc(OC(F)(F)F)cc4)CC3)ncnc2[nH]1. The summed E-state index contributed by atoms with van der Waals surface area (Å²) in [5.41, 5.74) is 3.35. The van der Waals surface area contributed by atoms with E-state index in [9.17, 15) is 21.6 Å². The molecule has 1 aromatic carbocycles. The number of rotatable bonds is 6. The van der Waals surface area contributed by atoms with Crippen molar-refractivity contribution in [2.24, 2.45) is 0 Å².